The van der Waals surface area contributed by atoms with Crippen molar-refractivity contribution in [2.45, 2.75) is 26.1 Å². The van der Waals surface area contributed by atoms with Gasteiger partial charge in [-0.05, 0) is 19.5 Å². The van der Waals surface area contributed by atoms with Crippen LogP contribution in [0.15, 0.2) is 16.5 Å². The van der Waals surface area contributed by atoms with Gasteiger partial charge in [-0.15, -0.1) is 0 Å². The van der Waals surface area contributed by atoms with Gasteiger partial charge in [-0.1, -0.05) is 6.92 Å². The lowest BCUT2D eigenvalue weighted by molar-refractivity contribution is -0.402. The van der Waals surface area contributed by atoms with Crippen LogP contribution in [0.5, 0.6) is 0 Å². The van der Waals surface area contributed by atoms with E-state index in [9.17, 15) is 19.8 Å². The Bertz CT molecular complexity index is 564. The Morgan fingerprint density at radius 3 is 2.75 bits per heavy atom. The van der Waals surface area contributed by atoms with Crippen molar-refractivity contribution in [3.63, 3.8) is 0 Å². The molecular weight excluding hydrogens is 343 g/mol. The molecule has 24 heavy (non-hydrogen) atoms. The Hall–Kier alpha value is -1.29. The monoisotopic (exact) mass is 366 g/mol. The lowest BCUT2D eigenvalue weighted by atomic mass is 10.4. The van der Waals surface area contributed by atoms with E-state index in [2.05, 4.69) is 0 Å². The molecule has 0 saturated heterocycles. The number of furan rings is 1. The topological polar surface area (TPSA) is 136 Å². The van der Waals surface area contributed by atoms with Gasteiger partial charge in [0.2, 0.25) is 0 Å². The largest absolute Gasteiger partial charge is 0.433 e. The number of ether oxygens (including phenoxy) is 1. The number of aliphatic hydroxyl groups excluding tert-OH is 2. The van der Waals surface area contributed by atoms with Crippen molar-refractivity contribution in [2.75, 3.05) is 33.2 Å². The van der Waals surface area contributed by atoms with E-state index in [1.807, 2.05) is 6.92 Å². The van der Waals surface area contributed by atoms with Crippen LogP contribution < -0.4 is 0 Å². The smallest absolute Gasteiger partial charge is 0.403 e. The van der Waals surface area contributed by atoms with Crippen molar-refractivity contribution < 1.29 is 33.4 Å². The summed E-state index contributed by atoms with van der Waals surface area (Å²) in [6.07, 6.45) is -0.561. The van der Waals surface area contributed by atoms with E-state index in [1.165, 1.54) is 23.9 Å². The third-order valence-electron chi connectivity index (χ3n) is 3.04. The zero-order valence-corrected chi connectivity index (χ0v) is 14.6. The summed E-state index contributed by atoms with van der Waals surface area (Å²) in [7, 11) is -2.01. The highest BCUT2D eigenvalue weighted by Crippen LogP contribution is 2.50. The van der Waals surface area contributed by atoms with Gasteiger partial charge in [0.15, 0.2) is 0 Å². The second-order valence-electron chi connectivity index (χ2n) is 5.12. The van der Waals surface area contributed by atoms with Gasteiger partial charge in [-0.2, -0.15) is 0 Å². The van der Waals surface area contributed by atoms with Crippen molar-refractivity contribution in [2.24, 2.45) is 0 Å². The van der Waals surface area contributed by atoms with Crippen molar-refractivity contribution in [3.8, 4) is 0 Å². The fourth-order valence-electron chi connectivity index (χ4n) is 1.75. The number of hydrogen-bond donors (Lipinski definition) is 2. The number of hydrogen-bond acceptors (Lipinski definition) is 8. The van der Waals surface area contributed by atoms with Crippen LogP contribution in [0.4, 0.5) is 5.88 Å². The molecule has 0 radical (unpaired) electrons. The Labute approximate surface area is 139 Å². The van der Waals surface area contributed by atoms with E-state index in [4.69, 9.17) is 18.8 Å². The van der Waals surface area contributed by atoms with Crippen LogP contribution in [-0.4, -0.2) is 59.1 Å². The number of rotatable bonds is 12. The highest BCUT2D eigenvalue weighted by molar-refractivity contribution is 7.56. The van der Waals surface area contributed by atoms with Gasteiger partial charge in [0.1, 0.15) is 23.6 Å². The average molecular weight is 366 g/mol. The van der Waals surface area contributed by atoms with Gasteiger partial charge < -0.3 is 23.9 Å². The van der Waals surface area contributed by atoms with E-state index >= 15 is 0 Å². The molecule has 0 amide bonds. The molecule has 0 aliphatic rings. The maximum Gasteiger partial charge on any atom is 0.433 e. The molecule has 1 aromatic heterocycles. The Morgan fingerprint density at radius 1 is 1.50 bits per heavy atom. The molecule has 0 aliphatic heterocycles. The van der Waals surface area contributed by atoms with Crippen LogP contribution >= 0.6 is 7.52 Å². The first kappa shape index (κ1) is 20.8. The summed E-state index contributed by atoms with van der Waals surface area (Å²) in [4.78, 5) is 9.91. The molecule has 1 rings (SSSR count). The number of nitrogens with zero attached hydrogens (tertiary/aromatic N) is 2. The molecule has 2 unspecified atom stereocenters. The molecule has 1 aromatic rings. The molecule has 0 bridgehead atoms. The zero-order valence-electron chi connectivity index (χ0n) is 13.7. The molecule has 0 aromatic carbocycles. The van der Waals surface area contributed by atoms with E-state index in [0.29, 0.717) is 6.61 Å². The molecule has 10 nitrogen and oxygen atoms in total. The van der Waals surface area contributed by atoms with Crippen molar-refractivity contribution in [1.82, 2.24) is 4.67 Å². The minimum atomic E-state index is -3.48. The van der Waals surface area contributed by atoms with Gasteiger partial charge >= 0.3 is 5.88 Å². The van der Waals surface area contributed by atoms with Gasteiger partial charge in [0.25, 0.3) is 7.52 Å². The quantitative estimate of drug-likeness (QED) is 0.244. The summed E-state index contributed by atoms with van der Waals surface area (Å²) in [5.41, 5.74) is 0. The number of nitro groups is 1. The fraction of sp³-hybridized carbons (Fsp3) is 0.692. The van der Waals surface area contributed by atoms with Crippen LogP contribution in [0.2, 0.25) is 0 Å². The van der Waals surface area contributed by atoms with Gasteiger partial charge in [-0.3, -0.25) is 14.7 Å². The van der Waals surface area contributed by atoms with Crippen LogP contribution in [0.3, 0.4) is 0 Å². The Kier molecular flexibility index (Phi) is 8.54. The predicted molar refractivity (Wildman–Crippen MR) is 84.6 cm³/mol. The molecule has 0 spiro atoms. The van der Waals surface area contributed by atoms with Crippen LogP contribution in [0, 0.1) is 10.1 Å². The van der Waals surface area contributed by atoms with Gasteiger partial charge in [0.05, 0.1) is 18.8 Å². The third-order valence-corrected chi connectivity index (χ3v) is 5.29. The second-order valence-corrected chi connectivity index (χ2v) is 7.60. The molecule has 0 fully saturated rings. The molecule has 0 saturated carbocycles. The molecule has 138 valence electrons. The van der Waals surface area contributed by atoms with Crippen molar-refractivity contribution in [1.29, 1.82) is 0 Å². The maximum atomic E-state index is 13.0. The number of aliphatic hydroxyl groups is 2. The van der Waals surface area contributed by atoms with Gasteiger partial charge in [-0.25, -0.2) is 4.67 Å². The molecule has 1 heterocycles. The summed E-state index contributed by atoms with van der Waals surface area (Å²) in [5, 5.41) is 29.0. The zero-order chi connectivity index (χ0) is 18.2. The van der Waals surface area contributed by atoms with Crippen molar-refractivity contribution in [3.05, 3.63) is 28.0 Å². The SMILES string of the molecule is CCCOCP(=O)(OCc1ccc([N+](=O)[O-])o1)N(C)CC(O)CO. The lowest BCUT2D eigenvalue weighted by Gasteiger charge is -2.28. The van der Waals surface area contributed by atoms with E-state index < -0.39 is 31.0 Å². The highest BCUT2D eigenvalue weighted by Gasteiger charge is 2.31. The van der Waals surface area contributed by atoms with Gasteiger partial charge in [0, 0.05) is 13.2 Å². The maximum absolute atomic E-state index is 13.0. The molecule has 11 heteroatoms. The first-order valence-corrected chi connectivity index (χ1v) is 9.13. The normalized spacial score (nSPS) is 15.4. The summed E-state index contributed by atoms with van der Waals surface area (Å²) in [6.45, 7) is 1.47. The van der Waals surface area contributed by atoms with E-state index in [-0.39, 0.29) is 25.3 Å². The summed E-state index contributed by atoms with van der Waals surface area (Å²) in [6, 6.07) is 2.54. The molecule has 0 aliphatic carbocycles. The van der Waals surface area contributed by atoms with Crippen LogP contribution in [0.1, 0.15) is 19.1 Å². The molecule has 2 atom stereocenters. The fourth-order valence-corrected chi connectivity index (χ4v) is 3.35. The van der Waals surface area contributed by atoms with Crippen molar-refractivity contribution >= 4 is 13.4 Å². The standard InChI is InChI=1S/C13H23N2O8P/c1-3-6-21-10-24(20,14(2)7-11(17)8-16)22-9-12-4-5-13(23-12)15(18)19/h4-5,11,16-17H,3,6-10H2,1-2H3. The van der Waals surface area contributed by atoms with E-state index in [0.717, 1.165) is 6.42 Å². The third kappa shape index (κ3) is 6.31. The molecule has 2 N–H and O–H groups in total. The van der Waals surface area contributed by atoms with Crippen LogP contribution in [-0.2, 0) is 20.4 Å². The first-order valence-electron chi connectivity index (χ1n) is 7.37. The Morgan fingerprint density at radius 2 is 2.21 bits per heavy atom. The van der Waals surface area contributed by atoms with Crippen LogP contribution in [0.25, 0.3) is 0 Å². The lowest BCUT2D eigenvalue weighted by Crippen LogP contribution is -2.31. The first-order chi connectivity index (χ1) is 11.3. The minimum Gasteiger partial charge on any atom is -0.403 e. The second kappa shape index (κ2) is 9.87. The summed E-state index contributed by atoms with van der Waals surface area (Å²) >= 11 is 0. The van der Waals surface area contributed by atoms with E-state index in [1.54, 1.807) is 0 Å². The highest BCUT2D eigenvalue weighted by atomic mass is 31.2. The summed E-state index contributed by atoms with van der Waals surface area (Å²) < 4.78 is 29.9. The summed E-state index contributed by atoms with van der Waals surface area (Å²) in [5.74, 6) is -0.289. The Balaban J connectivity index is 2.75. The minimum absolute atomic E-state index is 0.0818. The number of likely N-dealkylation sites (N-methyl/N-ethyl adjacent to an activating group) is 1. The molecular formula is C13H23N2O8P. The predicted octanol–water partition coefficient (Wildman–Crippen LogP) is 1.57. The average Bonchev–Trinajstić information content (AvgIpc) is 3.02.